The van der Waals surface area contributed by atoms with Gasteiger partial charge >= 0.3 is 0 Å². The standard InChI is InChI=1S/C12H12BrFN6OS/c1-5(22-12-19-10(15)18-11(16)20-12)9(21)17-8-3-2-6(13)4-7(8)14/h2-5H,1H3,(H,17,21)(H4,15,16,18,19,20)/t5-/m0/s1. The van der Waals surface area contributed by atoms with Gasteiger partial charge in [0.1, 0.15) is 5.82 Å². The van der Waals surface area contributed by atoms with Gasteiger partial charge in [-0.1, -0.05) is 27.7 Å². The average Bonchev–Trinajstić information content (AvgIpc) is 2.40. The highest BCUT2D eigenvalue weighted by Gasteiger charge is 2.18. The Hall–Kier alpha value is -1.94. The van der Waals surface area contributed by atoms with Crippen molar-refractivity contribution in [3.05, 3.63) is 28.5 Å². The Morgan fingerprint density at radius 2 is 1.95 bits per heavy atom. The highest BCUT2D eigenvalue weighted by Crippen LogP contribution is 2.23. The van der Waals surface area contributed by atoms with Crippen LogP contribution in [0.25, 0.3) is 0 Å². The molecule has 5 N–H and O–H groups in total. The summed E-state index contributed by atoms with van der Waals surface area (Å²) < 4.78 is 14.3. The summed E-state index contributed by atoms with van der Waals surface area (Å²) in [6.45, 7) is 1.63. The van der Waals surface area contributed by atoms with Crippen LogP contribution in [0.2, 0.25) is 0 Å². The maximum Gasteiger partial charge on any atom is 0.237 e. The lowest BCUT2D eigenvalue weighted by Crippen LogP contribution is -2.23. The minimum Gasteiger partial charge on any atom is -0.368 e. The topological polar surface area (TPSA) is 120 Å². The fourth-order valence-corrected chi connectivity index (χ4v) is 2.59. The predicted octanol–water partition coefficient (Wildman–Crippen LogP) is 2.06. The van der Waals surface area contributed by atoms with Crippen LogP contribution in [-0.4, -0.2) is 26.1 Å². The molecule has 0 fully saturated rings. The fraction of sp³-hybridized carbons (Fsp3) is 0.167. The molecular weight excluding hydrogens is 375 g/mol. The lowest BCUT2D eigenvalue weighted by molar-refractivity contribution is -0.115. The lowest BCUT2D eigenvalue weighted by atomic mass is 10.3. The zero-order valence-electron chi connectivity index (χ0n) is 11.4. The second kappa shape index (κ2) is 6.88. The molecule has 22 heavy (non-hydrogen) atoms. The molecule has 1 amide bonds. The number of hydrogen-bond acceptors (Lipinski definition) is 7. The molecule has 0 saturated heterocycles. The molecule has 0 radical (unpaired) electrons. The smallest absolute Gasteiger partial charge is 0.237 e. The summed E-state index contributed by atoms with van der Waals surface area (Å²) >= 11 is 4.19. The number of nitrogens with one attached hydrogen (secondary N) is 1. The van der Waals surface area contributed by atoms with Crippen molar-refractivity contribution in [2.75, 3.05) is 16.8 Å². The van der Waals surface area contributed by atoms with Crippen molar-refractivity contribution in [3.8, 4) is 0 Å². The predicted molar refractivity (Wildman–Crippen MR) is 86.7 cm³/mol. The molecule has 0 unspecified atom stereocenters. The fourth-order valence-electron chi connectivity index (χ4n) is 1.48. The minimum atomic E-state index is -0.579. The summed E-state index contributed by atoms with van der Waals surface area (Å²) in [5.74, 6) is -0.986. The van der Waals surface area contributed by atoms with Crippen LogP contribution in [0.5, 0.6) is 0 Å². The van der Waals surface area contributed by atoms with Gasteiger partial charge < -0.3 is 16.8 Å². The van der Waals surface area contributed by atoms with Crippen LogP contribution in [0.1, 0.15) is 6.92 Å². The van der Waals surface area contributed by atoms with Gasteiger partial charge in [-0.05, 0) is 25.1 Å². The van der Waals surface area contributed by atoms with Crippen molar-refractivity contribution in [2.45, 2.75) is 17.3 Å². The van der Waals surface area contributed by atoms with Crippen molar-refractivity contribution in [1.29, 1.82) is 0 Å². The molecule has 1 atom stereocenters. The number of hydrogen-bond donors (Lipinski definition) is 3. The Morgan fingerprint density at radius 1 is 1.32 bits per heavy atom. The molecule has 1 heterocycles. The van der Waals surface area contributed by atoms with Crippen molar-refractivity contribution >= 4 is 51.2 Å². The molecule has 0 spiro atoms. The zero-order valence-corrected chi connectivity index (χ0v) is 13.8. The van der Waals surface area contributed by atoms with E-state index in [1.165, 1.54) is 12.1 Å². The zero-order chi connectivity index (χ0) is 16.3. The third-order valence-electron chi connectivity index (χ3n) is 2.49. The number of aromatic nitrogens is 3. The number of amides is 1. The molecule has 0 aliphatic carbocycles. The largest absolute Gasteiger partial charge is 0.368 e. The first-order chi connectivity index (χ1) is 10.3. The normalized spacial score (nSPS) is 12.0. The Kier molecular flexibility index (Phi) is 5.14. The van der Waals surface area contributed by atoms with E-state index in [0.29, 0.717) is 4.47 Å². The van der Waals surface area contributed by atoms with E-state index in [1.807, 2.05) is 0 Å². The molecule has 0 aliphatic rings. The van der Waals surface area contributed by atoms with Gasteiger partial charge in [-0.25, -0.2) is 4.39 Å². The van der Waals surface area contributed by atoms with Crippen molar-refractivity contribution in [2.24, 2.45) is 0 Å². The molecule has 2 aromatic rings. The van der Waals surface area contributed by atoms with Gasteiger partial charge in [0.15, 0.2) is 5.16 Å². The van der Waals surface area contributed by atoms with Gasteiger partial charge in [0.25, 0.3) is 0 Å². The average molecular weight is 387 g/mol. The summed E-state index contributed by atoms with van der Waals surface area (Å²) in [6, 6.07) is 4.36. The Labute approximate surface area is 138 Å². The number of benzene rings is 1. The molecule has 2 rings (SSSR count). The van der Waals surface area contributed by atoms with Crippen LogP contribution in [-0.2, 0) is 4.79 Å². The number of carbonyl (C=O) groups excluding carboxylic acids is 1. The van der Waals surface area contributed by atoms with Gasteiger partial charge in [-0.3, -0.25) is 4.79 Å². The van der Waals surface area contributed by atoms with E-state index in [0.717, 1.165) is 11.8 Å². The summed E-state index contributed by atoms with van der Waals surface area (Å²) in [6.07, 6.45) is 0. The minimum absolute atomic E-state index is 0.0263. The highest BCUT2D eigenvalue weighted by molar-refractivity contribution is 9.10. The first-order valence-corrected chi connectivity index (χ1v) is 7.72. The van der Waals surface area contributed by atoms with Crippen LogP contribution < -0.4 is 16.8 Å². The number of nitrogens with zero attached hydrogens (tertiary/aromatic N) is 3. The third-order valence-corrected chi connectivity index (χ3v) is 3.94. The first kappa shape index (κ1) is 16.4. The number of thioether (sulfide) groups is 1. The van der Waals surface area contributed by atoms with E-state index in [4.69, 9.17) is 11.5 Å². The number of nitrogen functional groups attached to an aromatic ring is 2. The molecule has 116 valence electrons. The van der Waals surface area contributed by atoms with Crippen molar-refractivity contribution in [3.63, 3.8) is 0 Å². The molecule has 0 bridgehead atoms. The highest BCUT2D eigenvalue weighted by atomic mass is 79.9. The number of anilines is 3. The van der Waals surface area contributed by atoms with Crippen LogP contribution in [0.4, 0.5) is 22.0 Å². The molecule has 10 heteroatoms. The van der Waals surface area contributed by atoms with E-state index in [9.17, 15) is 9.18 Å². The number of carbonyl (C=O) groups is 1. The first-order valence-electron chi connectivity index (χ1n) is 6.04. The van der Waals surface area contributed by atoms with Gasteiger partial charge in [0.05, 0.1) is 10.9 Å². The molecule has 1 aromatic heterocycles. The Morgan fingerprint density at radius 3 is 2.55 bits per heavy atom. The molecule has 7 nitrogen and oxygen atoms in total. The van der Waals surface area contributed by atoms with Crippen molar-refractivity contribution in [1.82, 2.24) is 15.0 Å². The maximum atomic E-state index is 13.7. The van der Waals surface area contributed by atoms with Gasteiger partial charge in [0.2, 0.25) is 17.8 Å². The number of nitrogens with two attached hydrogens (primary N) is 2. The van der Waals surface area contributed by atoms with Crippen LogP contribution in [0.15, 0.2) is 27.8 Å². The van der Waals surface area contributed by atoms with Crippen LogP contribution >= 0.6 is 27.7 Å². The molecule has 1 aromatic carbocycles. The van der Waals surface area contributed by atoms with E-state index in [1.54, 1.807) is 13.0 Å². The van der Waals surface area contributed by atoms with Crippen LogP contribution in [0.3, 0.4) is 0 Å². The SMILES string of the molecule is C[C@H](Sc1nc(N)nc(N)n1)C(=O)Nc1ccc(Br)cc1F. The molecule has 0 aliphatic heterocycles. The van der Waals surface area contributed by atoms with Crippen LogP contribution in [0, 0.1) is 5.82 Å². The van der Waals surface area contributed by atoms with Gasteiger partial charge in [0, 0.05) is 4.47 Å². The number of rotatable bonds is 4. The third kappa shape index (κ3) is 4.28. The second-order valence-corrected chi connectivity index (χ2v) is 6.43. The quantitative estimate of drug-likeness (QED) is 0.687. The van der Waals surface area contributed by atoms with E-state index < -0.39 is 17.0 Å². The number of halogens is 2. The Bertz CT molecular complexity index is 696. The Balaban J connectivity index is 2.05. The van der Waals surface area contributed by atoms with Crippen molar-refractivity contribution < 1.29 is 9.18 Å². The maximum absolute atomic E-state index is 13.7. The summed E-state index contributed by atoms with van der Waals surface area (Å²) in [7, 11) is 0. The van der Waals surface area contributed by atoms with E-state index in [-0.39, 0.29) is 22.7 Å². The summed E-state index contributed by atoms with van der Waals surface area (Å²) in [5, 5.41) is 2.14. The summed E-state index contributed by atoms with van der Waals surface area (Å²) in [4.78, 5) is 23.5. The molecule has 0 saturated carbocycles. The molecular formula is C12H12BrFN6OS. The lowest BCUT2D eigenvalue weighted by Gasteiger charge is -2.12. The monoisotopic (exact) mass is 386 g/mol. The second-order valence-electron chi connectivity index (χ2n) is 4.21. The summed E-state index contributed by atoms with van der Waals surface area (Å²) in [5.41, 5.74) is 11.0. The van der Waals surface area contributed by atoms with Gasteiger partial charge in [-0.15, -0.1) is 0 Å². The van der Waals surface area contributed by atoms with E-state index in [2.05, 4.69) is 36.2 Å². The van der Waals surface area contributed by atoms with Gasteiger partial charge in [-0.2, -0.15) is 15.0 Å². The van der Waals surface area contributed by atoms with E-state index >= 15 is 0 Å².